The highest BCUT2D eigenvalue weighted by molar-refractivity contribution is 7.05. The van der Waals surface area contributed by atoms with E-state index in [-0.39, 0.29) is 5.82 Å². The monoisotopic (exact) mass is 319 g/mol. The fourth-order valence-corrected chi connectivity index (χ4v) is 2.70. The van der Waals surface area contributed by atoms with Gasteiger partial charge in [0, 0.05) is 12.1 Å². The summed E-state index contributed by atoms with van der Waals surface area (Å²) in [6.45, 7) is 3.14. The molecule has 0 aliphatic heterocycles. The minimum absolute atomic E-state index is 0.318. The molecule has 0 aliphatic rings. The molecule has 0 radical (unpaired) electrons. The molecular weight excluding hydrogens is 305 g/mol. The molecule has 1 aromatic carbocycles. The molecule has 3 rings (SSSR count). The Hall–Kier alpha value is -2.19. The van der Waals surface area contributed by atoms with Crippen LogP contribution in [0.25, 0.3) is 11.5 Å². The lowest BCUT2D eigenvalue weighted by Crippen LogP contribution is -2.17. The molecule has 0 aliphatic carbocycles. The van der Waals surface area contributed by atoms with Crippen LogP contribution in [0.1, 0.15) is 16.5 Å². The Morgan fingerprint density at radius 2 is 2.09 bits per heavy atom. The van der Waals surface area contributed by atoms with E-state index in [0.717, 1.165) is 10.6 Å². The van der Waals surface area contributed by atoms with E-state index in [2.05, 4.69) is 19.8 Å². The van der Waals surface area contributed by atoms with Gasteiger partial charge in [0.25, 0.3) is 0 Å². The number of benzene rings is 1. The van der Waals surface area contributed by atoms with Gasteiger partial charge in [-0.3, -0.25) is 4.90 Å². The van der Waals surface area contributed by atoms with Crippen molar-refractivity contribution >= 4 is 11.5 Å². The van der Waals surface area contributed by atoms with Crippen LogP contribution in [0.3, 0.4) is 0 Å². The molecule has 3 aromatic rings. The third-order valence-electron chi connectivity index (χ3n) is 3.10. The highest BCUT2D eigenvalue weighted by Gasteiger charge is 2.13. The molecule has 0 unspecified atom stereocenters. The first-order valence-corrected chi connectivity index (χ1v) is 7.44. The maximum Gasteiger partial charge on any atom is 0.247 e. The Balaban J connectivity index is 1.68. The molecule has 6 nitrogen and oxygen atoms in total. The summed E-state index contributed by atoms with van der Waals surface area (Å²) in [5, 5.41) is 12.0. The maximum absolute atomic E-state index is 13.2. The molecule has 22 heavy (non-hydrogen) atoms. The molecule has 2 aromatic heterocycles. The van der Waals surface area contributed by atoms with Crippen LogP contribution in [0.2, 0.25) is 0 Å². The summed E-state index contributed by atoms with van der Waals surface area (Å²) >= 11 is 1.38. The van der Waals surface area contributed by atoms with Crippen molar-refractivity contribution in [1.82, 2.24) is 24.7 Å². The Morgan fingerprint density at radius 1 is 1.23 bits per heavy atom. The molecule has 0 N–H and O–H groups in total. The first kappa shape index (κ1) is 14.7. The molecule has 0 saturated carbocycles. The second-order valence-corrected chi connectivity index (χ2v) is 5.80. The number of rotatable bonds is 5. The van der Waals surface area contributed by atoms with Crippen molar-refractivity contribution in [3.8, 4) is 11.5 Å². The van der Waals surface area contributed by atoms with Gasteiger partial charge >= 0.3 is 0 Å². The van der Waals surface area contributed by atoms with Crippen LogP contribution < -0.4 is 0 Å². The fourth-order valence-electron chi connectivity index (χ4n) is 1.98. The summed E-state index contributed by atoms with van der Waals surface area (Å²) in [7, 11) is 1.95. The quantitative estimate of drug-likeness (QED) is 0.720. The van der Waals surface area contributed by atoms with E-state index in [0.29, 0.717) is 30.4 Å². The number of halogens is 1. The zero-order valence-electron chi connectivity index (χ0n) is 12.2. The van der Waals surface area contributed by atoms with Gasteiger partial charge in [0.1, 0.15) is 5.82 Å². The summed E-state index contributed by atoms with van der Waals surface area (Å²) in [4.78, 5) is 3.14. The van der Waals surface area contributed by atoms with E-state index in [1.807, 2.05) is 18.9 Å². The summed E-state index contributed by atoms with van der Waals surface area (Å²) in [6.07, 6.45) is 0. The Bertz CT molecular complexity index is 772. The molecule has 8 heteroatoms. The summed E-state index contributed by atoms with van der Waals surface area (Å²) < 4.78 is 22.7. The van der Waals surface area contributed by atoms with E-state index in [9.17, 15) is 4.39 Å². The van der Waals surface area contributed by atoms with E-state index in [1.54, 1.807) is 12.1 Å². The van der Waals surface area contributed by atoms with Gasteiger partial charge < -0.3 is 4.42 Å². The number of aryl methyl sites for hydroxylation is 1. The van der Waals surface area contributed by atoms with Gasteiger partial charge in [0.15, 0.2) is 0 Å². The molecule has 0 saturated heterocycles. The van der Waals surface area contributed by atoms with Crippen LogP contribution >= 0.6 is 11.5 Å². The molecular formula is C14H14FN5OS. The first-order valence-electron chi connectivity index (χ1n) is 6.66. The van der Waals surface area contributed by atoms with Crippen LogP contribution in [-0.2, 0) is 13.1 Å². The zero-order chi connectivity index (χ0) is 15.5. The second kappa shape index (κ2) is 6.29. The Morgan fingerprint density at radius 3 is 2.82 bits per heavy atom. The number of nitrogens with zero attached hydrogens (tertiary/aromatic N) is 5. The molecule has 0 fully saturated rings. The number of hydrogen-bond acceptors (Lipinski definition) is 7. The fraction of sp³-hybridized carbons (Fsp3) is 0.286. The predicted octanol–water partition coefficient (Wildman–Crippen LogP) is 2.67. The largest absolute Gasteiger partial charge is 0.419 e. The van der Waals surface area contributed by atoms with E-state index in [4.69, 9.17) is 4.42 Å². The molecule has 0 amide bonds. The third kappa shape index (κ3) is 3.34. The molecule has 0 spiro atoms. The third-order valence-corrected chi connectivity index (χ3v) is 3.91. The van der Waals surface area contributed by atoms with E-state index >= 15 is 0 Å². The second-order valence-electron chi connectivity index (χ2n) is 4.97. The molecule has 0 bridgehead atoms. The normalized spacial score (nSPS) is 11.3. The maximum atomic E-state index is 13.2. The smallest absolute Gasteiger partial charge is 0.247 e. The minimum atomic E-state index is -0.331. The average Bonchev–Trinajstić information content (AvgIpc) is 3.09. The topological polar surface area (TPSA) is 67.9 Å². The summed E-state index contributed by atoms with van der Waals surface area (Å²) in [6, 6.07) is 6.09. The predicted molar refractivity (Wildman–Crippen MR) is 79.5 cm³/mol. The summed E-state index contributed by atoms with van der Waals surface area (Å²) in [5.41, 5.74) is 1.51. The van der Waals surface area contributed by atoms with Gasteiger partial charge in [-0.15, -0.1) is 15.3 Å². The van der Waals surface area contributed by atoms with Crippen molar-refractivity contribution < 1.29 is 8.81 Å². The van der Waals surface area contributed by atoms with Crippen LogP contribution in [0, 0.1) is 12.7 Å². The number of hydrogen-bond donors (Lipinski definition) is 0. The highest BCUT2D eigenvalue weighted by Crippen LogP contribution is 2.19. The van der Waals surface area contributed by atoms with Gasteiger partial charge in [-0.1, -0.05) is 10.6 Å². The van der Waals surface area contributed by atoms with Crippen LogP contribution in [0.5, 0.6) is 0 Å². The summed E-state index contributed by atoms with van der Waals surface area (Å²) in [5.74, 6) is 0.470. The van der Waals surface area contributed by atoms with Gasteiger partial charge in [0.05, 0.1) is 17.1 Å². The van der Waals surface area contributed by atoms with E-state index in [1.165, 1.54) is 23.7 Å². The molecule has 2 heterocycles. The van der Waals surface area contributed by atoms with Gasteiger partial charge in [-0.05, 0) is 43.7 Å². The van der Waals surface area contributed by atoms with Crippen molar-refractivity contribution in [3.63, 3.8) is 0 Å². The zero-order valence-corrected chi connectivity index (χ0v) is 13.0. The highest BCUT2D eigenvalue weighted by atomic mass is 32.1. The SMILES string of the molecule is Cc1nnsc1CN(C)Cc1nnc(-c2cccc(F)c2)o1. The van der Waals surface area contributed by atoms with Crippen LogP contribution in [0.4, 0.5) is 4.39 Å². The first-order chi connectivity index (χ1) is 10.6. The molecule has 114 valence electrons. The lowest BCUT2D eigenvalue weighted by Gasteiger charge is -2.12. The number of aromatic nitrogens is 4. The van der Waals surface area contributed by atoms with Crippen molar-refractivity contribution in [2.45, 2.75) is 20.0 Å². The average molecular weight is 319 g/mol. The van der Waals surface area contributed by atoms with Crippen molar-refractivity contribution in [3.05, 3.63) is 46.5 Å². The standard InChI is InChI=1S/C14H14FN5OS/c1-9-12(22-19-16-9)7-20(2)8-13-17-18-14(21-13)10-4-3-5-11(15)6-10/h3-6H,7-8H2,1-2H3. The lowest BCUT2D eigenvalue weighted by molar-refractivity contribution is 0.284. The van der Waals surface area contributed by atoms with E-state index < -0.39 is 0 Å². The van der Waals surface area contributed by atoms with Crippen molar-refractivity contribution in [1.29, 1.82) is 0 Å². The Kier molecular flexibility index (Phi) is 4.21. The van der Waals surface area contributed by atoms with Crippen molar-refractivity contribution in [2.24, 2.45) is 0 Å². The van der Waals surface area contributed by atoms with Crippen LogP contribution in [-0.4, -0.2) is 31.7 Å². The van der Waals surface area contributed by atoms with Gasteiger partial charge in [-0.2, -0.15) is 0 Å². The molecule has 0 atom stereocenters. The van der Waals surface area contributed by atoms with Gasteiger partial charge in [-0.25, -0.2) is 4.39 Å². The van der Waals surface area contributed by atoms with Crippen molar-refractivity contribution in [2.75, 3.05) is 7.05 Å². The lowest BCUT2D eigenvalue weighted by atomic mass is 10.2. The Labute approximate surface area is 130 Å². The van der Waals surface area contributed by atoms with Gasteiger partial charge in [0.2, 0.25) is 11.8 Å². The van der Waals surface area contributed by atoms with Crippen LogP contribution in [0.15, 0.2) is 28.7 Å². The minimum Gasteiger partial charge on any atom is -0.419 e.